The molecular formula is C15H17NO4. The van der Waals surface area contributed by atoms with Gasteiger partial charge in [-0.1, -0.05) is 12.5 Å². The fourth-order valence-electron chi connectivity index (χ4n) is 2.76. The van der Waals surface area contributed by atoms with Crippen LogP contribution in [-0.4, -0.2) is 23.6 Å². The van der Waals surface area contributed by atoms with E-state index in [-0.39, 0.29) is 0 Å². The second-order valence-electron chi connectivity index (χ2n) is 5.48. The smallest absolute Gasteiger partial charge is 0.319 e. The Labute approximate surface area is 116 Å². The van der Waals surface area contributed by atoms with Crippen molar-refractivity contribution < 1.29 is 19.4 Å². The van der Waals surface area contributed by atoms with Crippen LogP contribution in [0.15, 0.2) is 18.2 Å². The van der Waals surface area contributed by atoms with Crippen molar-refractivity contribution >= 4 is 17.6 Å². The van der Waals surface area contributed by atoms with Crippen molar-refractivity contribution in [3.8, 4) is 0 Å². The molecule has 1 fully saturated rings. The predicted molar refractivity (Wildman–Crippen MR) is 72.4 cm³/mol. The summed E-state index contributed by atoms with van der Waals surface area (Å²) in [5.74, 6) is -1.42. The topological polar surface area (TPSA) is 75.6 Å². The van der Waals surface area contributed by atoms with E-state index in [1.165, 1.54) is 0 Å². The van der Waals surface area contributed by atoms with Crippen molar-refractivity contribution in [1.82, 2.24) is 0 Å². The van der Waals surface area contributed by atoms with E-state index in [1.807, 2.05) is 12.1 Å². The van der Waals surface area contributed by atoms with Gasteiger partial charge in [0.15, 0.2) is 0 Å². The van der Waals surface area contributed by atoms with Crippen LogP contribution in [0.2, 0.25) is 0 Å². The highest BCUT2D eigenvalue weighted by Gasteiger charge is 2.51. The standard InChI is InChI=1S/C15H17NO4/c17-13(15(14(18)19)5-1-6-15)16-12-3-2-11-9-20-7-4-10(11)8-12/h2-3,8H,1,4-7,9H2,(H,16,17)(H,18,19). The van der Waals surface area contributed by atoms with Crippen LogP contribution in [0.3, 0.4) is 0 Å². The highest BCUT2D eigenvalue weighted by Crippen LogP contribution is 2.42. The lowest BCUT2D eigenvalue weighted by atomic mass is 9.68. The molecule has 0 atom stereocenters. The third-order valence-corrected chi connectivity index (χ3v) is 4.29. The molecule has 0 spiro atoms. The highest BCUT2D eigenvalue weighted by atomic mass is 16.5. The second-order valence-corrected chi connectivity index (χ2v) is 5.48. The van der Waals surface area contributed by atoms with E-state index >= 15 is 0 Å². The summed E-state index contributed by atoms with van der Waals surface area (Å²) in [4.78, 5) is 23.5. The molecule has 1 aromatic carbocycles. The van der Waals surface area contributed by atoms with Crippen molar-refractivity contribution in [3.05, 3.63) is 29.3 Å². The van der Waals surface area contributed by atoms with E-state index in [1.54, 1.807) is 6.07 Å². The first-order chi connectivity index (χ1) is 9.62. The molecule has 1 aromatic rings. The number of rotatable bonds is 3. The lowest BCUT2D eigenvalue weighted by molar-refractivity contribution is -0.159. The number of aliphatic carboxylic acids is 1. The van der Waals surface area contributed by atoms with E-state index in [0.29, 0.717) is 31.7 Å². The number of carboxylic acid groups (broad SMARTS) is 1. The van der Waals surface area contributed by atoms with E-state index in [4.69, 9.17) is 4.74 Å². The van der Waals surface area contributed by atoms with Gasteiger partial charge >= 0.3 is 5.97 Å². The molecule has 1 heterocycles. The molecule has 106 valence electrons. The third kappa shape index (κ3) is 2.08. The zero-order valence-electron chi connectivity index (χ0n) is 11.1. The minimum Gasteiger partial charge on any atom is -0.480 e. The Bertz CT molecular complexity index is 563. The molecule has 0 saturated heterocycles. The predicted octanol–water partition coefficient (Wildman–Crippen LogP) is 1.95. The molecule has 1 aliphatic carbocycles. The van der Waals surface area contributed by atoms with Crippen molar-refractivity contribution in [1.29, 1.82) is 0 Å². The minimum atomic E-state index is -1.22. The molecule has 0 radical (unpaired) electrons. The van der Waals surface area contributed by atoms with Crippen molar-refractivity contribution in [3.63, 3.8) is 0 Å². The van der Waals surface area contributed by atoms with Gasteiger partial charge in [0.1, 0.15) is 5.41 Å². The molecule has 3 rings (SSSR count). The number of carboxylic acids is 1. The van der Waals surface area contributed by atoms with Gasteiger partial charge in [-0.05, 0) is 42.5 Å². The number of ether oxygens (including phenoxy) is 1. The van der Waals surface area contributed by atoms with Gasteiger partial charge in [0.2, 0.25) is 5.91 Å². The first-order valence-electron chi connectivity index (χ1n) is 6.86. The van der Waals surface area contributed by atoms with Crippen LogP contribution in [-0.2, 0) is 27.4 Å². The van der Waals surface area contributed by atoms with Gasteiger partial charge in [0, 0.05) is 5.69 Å². The Hall–Kier alpha value is -1.88. The summed E-state index contributed by atoms with van der Waals surface area (Å²) >= 11 is 0. The summed E-state index contributed by atoms with van der Waals surface area (Å²) in [5.41, 5.74) is 1.74. The van der Waals surface area contributed by atoms with Crippen molar-refractivity contribution in [2.75, 3.05) is 11.9 Å². The Morgan fingerprint density at radius 2 is 2.05 bits per heavy atom. The minimum absolute atomic E-state index is 0.400. The molecule has 2 aliphatic rings. The van der Waals surface area contributed by atoms with E-state index in [2.05, 4.69) is 5.32 Å². The number of nitrogens with one attached hydrogen (secondary N) is 1. The summed E-state index contributed by atoms with van der Waals surface area (Å²) in [6.45, 7) is 1.28. The van der Waals surface area contributed by atoms with Crippen molar-refractivity contribution in [2.45, 2.75) is 32.3 Å². The molecule has 1 aliphatic heterocycles. The molecule has 0 aromatic heterocycles. The Kier molecular flexibility index (Phi) is 3.22. The van der Waals surface area contributed by atoms with Gasteiger partial charge < -0.3 is 15.2 Å². The summed E-state index contributed by atoms with van der Waals surface area (Å²) < 4.78 is 5.36. The third-order valence-electron chi connectivity index (χ3n) is 4.29. The van der Waals surface area contributed by atoms with Crippen LogP contribution in [0, 0.1) is 5.41 Å². The zero-order chi connectivity index (χ0) is 14.2. The normalized spacial score (nSPS) is 19.6. The summed E-state index contributed by atoms with van der Waals surface area (Å²) in [5, 5.41) is 12.0. The Morgan fingerprint density at radius 3 is 2.70 bits per heavy atom. The Balaban J connectivity index is 1.77. The Morgan fingerprint density at radius 1 is 1.25 bits per heavy atom. The molecule has 5 heteroatoms. The monoisotopic (exact) mass is 275 g/mol. The molecule has 0 bridgehead atoms. The number of carbonyl (C=O) groups is 2. The summed E-state index contributed by atoms with van der Waals surface area (Å²) in [6, 6.07) is 5.65. The van der Waals surface area contributed by atoms with Crippen LogP contribution in [0.4, 0.5) is 5.69 Å². The molecule has 20 heavy (non-hydrogen) atoms. The van der Waals surface area contributed by atoms with Crippen LogP contribution < -0.4 is 5.32 Å². The molecule has 5 nitrogen and oxygen atoms in total. The fraction of sp³-hybridized carbons (Fsp3) is 0.467. The maximum atomic E-state index is 12.2. The van der Waals surface area contributed by atoms with E-state index in [0.717, 1.165) is 24.0 Å². The lowest BCUT2D eigenvalue weighted by Gasteiger charge is -2.35. The first kappa shape index (κ1) is 13.1. The number of anilines is 1. The van der Waals surface area contributed by atoms with Gasteiger partial charge in [-0.15, -0.1) is 0 Å². The average Bonchev–Trinajstić information content (AvgIpc) is 2.36. The number of hydrogen-bond acceptors (Lipinski definition) is 3. The number of carbonyl (C=O) groups excluding carboxylic acids is 1. The van der Waals surface area contributed by atoms with Gasteiger partial charge in [0.05, 0.1) is 13.2 Å². The molecule has 1 saturated carbocycles. The van der Waals surface area contributed by atoms with E-state index in [9.17, 15) is 14.7 Å². The lowest BCUT2D eigenvalue weighted by Crippen LogP contribution is -2.48. The van der Waals surface area contributed by atoms with Crippen LogP contribution >= 0.6 is 0 Å². The molecule has 2 N–H and O–H groups in total. The SMILES string of the molecule is O=C(O)C1(C(=O)Nc2ccc3c(c2)CCOC3)CCC1. The zero-order valence-corrected chi connectivity index (χ0v) is 11.1. The highest BCUT2D eigenvalue weighted by molar-refractivity contribution is 6.09. The number of hydrogen-bond donors (Lipinski definition) is 2. The van der Waals surface area contributed by atoms with Gasteiger partial charge in [0.25, 0.3) is 0 Å². The number of benzene rings is 1. The van der Waals surface area contributed by atoms with Crippen LogP contribution in [0.25, 0.3) is 0 Å². The van der Waals surface area contributed by atoms with Gasteiger partial charge in [-0.25, -0.2) is 0 Å². The second kappa shape index (κ2) is 4.90. The maximum absolute atomic E-state index is 12.2. The molecule has 0 unspecified atom stereocenters. The maximum Gasteiger partial charge on any atom is 0.319 e. The van der Waals surface area contributed by atoms with Gasteiger partial charge in [-0.2, -0.15) is 0 Å². The average molecular weight is 275 g/mol. The van der Waals surface area contributed by atoms with Crippen molar-refractivity contribution in [2.24, 2.45) is 5.41 Å². The summed E-state index contributed by atoms with van der Waals surface area (Å²) in [6.07, 6.45) is 2.46. The fourth-order valence-corrected chi connectivity index (χ4v) is 2.76. The largest absolute Gasteiger partial charge is 0.480 e. The number of fused-ring (bicyclic) bond motifs is 1. The number of amides is 1. The van der Waals surface area contributed by atoms with Gasteiger partial charge in [-0.3, -0.25) is 9.59 Å². The van der Waals surface area contributed by atoms with E-state index < -0.39 is 17.3 Å². The summed E-state index contributed by atoms with van der Waals surface area (Å²) in [7, 11) is 0. The van der Waals surface area contributed by atoms with Crippen LogP contribution in [0.1, 0.15) is 30.4 Å². The molecular weight excluding hydrogens is 258 g/mol. The quantitative estimate of drug-likeness (QED) is 0.827. The first-order valence-corrected chi connectivity index (χ1v) is 6.86. The molecule has 1 amide bonds. The van der Waals surface area contributed by atoms with Crippen LogP contribution in [0.5, 0.6) is 0 Å².